The Kier molecular flexibility index (Phi) is 7.76. The number of nitro benzene ring substituents is 1. The zero-order chi connectivity index (χ0) is 27.4. The Morgan fingerprint density at radius 1 is 1.32 bits per heavy atom. The Bertz CT molecular complexity index is 1420. The molecule has 1 fully saturated rings. The van der Waals surface area contributed by atoms with Gasteiger partial charge in [0.1, 0.15) is 17.8 Å². The Balaban J connectivity index is 1.47. The van der Waals surface area contributed by atoms with Gasteiger partial charge in [-0.15, -0.1) is 0 Å². The maximum absolute atomic E-state index is 12.2. The molecular formula is C23H21F3N6O6. The number of ether oxygens (including phenoxy) is 1. The molecule has 0 spiro atoms. The maximum atomic E-state index is 12.2. The summed E-state index contributed by atoms with van der Waals surface area (Å²) >= 11 is 0. The van der Waals surface area contributed by atoms with Crippen molar-refractivity contribution < 1.29 is 37.8 Å². The SMILES string of the molecule is O=C(NCC#Cc1ccc(CNc2ccnc3c2ncn3[C@H]2C[C@@H](O)[C@@H](CO)O2)c([N+](=O)[O-])c1)C(F)(F)F. The monoisotopic (exact) mass is 534 g/mol. The number of hydrogen-bond acceptors (Lipinski definition) is 9. The number of nitrogens with one attached hydrogen (secondary N) is 2. The van der Waals surface area contributed by atoms with E-state index < -0.39 is 42.0 Å². The van der Waals surface area contributed by atoms with Crippen LogP contribution < -0.4 is 10.6 Å². The second kappa shape index (κ2) is 11.0. The van der Waals surface area contributed by atoms with Crippen molar-refractivity contribution in [3.05, 3.63) is 58.0 Å². The summed E-state index contributed by atoms with van der Waals surface area (Å²) in [7, 11) is 0. The van der Waals surface area contributed by atoms with Crippen molar-refractivity contribution in [3.63, 3.8) is 0 Å². The molecule has 3 heterocycles. The number of aliphatic hydroxyl groups excluding tert-OH is 2. The first kappa shape index (κ1) is 26.8. The largest absolute Gasteiger partial charge is 0.471 e. The van der Waals surface area contributed by atoms with E-state index in [4.69, 9.17) is 4.74 Å². The third kappa shape index (κ3) is 5.83. The average Bonchev–Trinajstić information content (AvgIpc) is 3.48. The lowest BCUT2D eigenvalue weighted by Crippen LogP contribution is -2.36. The van der Waals surface area contributed by atoms with Gasteiger partial charge in [0.2, 0.25) is 0 Å². The molecule has 4 rings (SSSR count). The molecule has 1 saturated heterocycles. The number of hydrogen-bond donors (Lipinski definition) is 4. The van der Waals surface area contributed by atoms with Crippen molar-refractivity contribution in [1.82, 2.24) is 19.9 Å². The molecule has 200 valence electrons. The lowest BCUT2D eigenvalue weighted by atomic mass is 10.1. The normalized spacial score (nSPS) is 19.1. The lowest BCUT2D eigenvalue weighted by molar-refractivity contribution is -0.385. The first-order valence-corrected chi connectivity index (χ1v) is 11.2. The highest BCUT2D eigenvalue weighted by Gasteiger charge is 2.38. The number of aromatic nitrogens is 3. The summed E-state index contributed by atoms with van der Waals surface area (Å²) < 4.78 is 43.9. The summed E-state index contributed by atoms with van der Waals surface area (Å²) in [4.78, 5) is 30.5. The predicted octanol–water partition coefficient (Wildman–Crippen LogP) is 1.62. The molecule has 3 atom stereocenters. The van der Waals surface area contributed by atoms with Gasteiger partial charge in [0, 0.05) is 36.4 Å². The quantitative estimate of drug-likeness (QED) is 0.200. The van der Waals surface area contributed by atoms with E-state index in [1.165, 1.54) is 30.7 Å². The van der Waals surface area contributed by atoms with Gasteiger partial charge in [-0.3, -0.25) is 19.5 Å². The van der Waals surface area contributed by atoms with Crippen molar-refractivity contribution in [2.75, 3.05) is 18.5 Å². The first-order chi connectivity index (χ1) is 18.1. The van der Waals surface area contributed by atoms with Crippen molar-refractivity contribution in [2.24, 2.45) is 0 Å². The second-order valence-electron chi connectivity index (χ2n) is 8.23. The number of pyridine rings is 1. The number of nitro groups is 1. The number of imidazole rings is 1. The number of carbonyl (C=O) groups is 1. The fourth-order valence-electron chi connectivity index (χ4n) is 3.86. The number of benzene rings is 1. The van der Waals surface area contributed by atoms with Gasteiger partial charge in [0.25, 0.3) is 5.69 Å². The Morgan fingerprint density at radius 3 is 2.79 bits per heavy atom. The highest BCUT2D eigenvalue weighted by atomic mass is 19.4. The molecule has 1 aliphatic heterocycles. The number of anilines is 1. The van der Waals surface area contributed by atoms with E-state index in [9.17, 15) is 38.3 Å². The molecule has 0 aliphatic carbocycles. The van der Waals surface area contributed by atoms with Crippen molar-refractivity contribution >= 4 is 28.4 Å². The third-order valence-corrected chi connectivity index (χ3v) is 5.73. The topological polar surface area (TPSA) is 165 Å². The number of amides is 1. The molecule has 1 aliphatic rings. The van der Waals surface area contributed by atoms with Gasteiger partial charge in [-0.1, -0.05) is 11.8 Å². The lowest BCUT2D eigenvalue weighted by Gasteiger charge is -2.14. The zero-order valence-corrected chi connectivity index (χ0v) is 19.5. The van der Waals surface area contributed by atoms with E-state index in [-0.39, 0.29) is 30.8 Å². The van der Waals surface area contributed by atoms with Gasteiger partial charge >= 0.3 is 12.1 Å². The summed E-state index contributed by atoms with van der Waals surface area (Å²) in [5.74, 6) is 2.69. The van der Waals surface area contributed by atoms with Gasteiger partial charge in [-0.25, -0.2) is 9.97 Å². The maximum Gasteiger partial charge on any atom is 0.471 e. The first-order valence-electron chi connectivity index (χ1n) is 11.2. The van der Waals surface area contributed by atoms with E-state index in [2.05, 4.69) is 27.1 Å². The molecule has 0 saturated carbocycles. The number of aliphatic hydroxyl groups is 2. The van der Waals surface area contributed by atoms with Gasteiger partial charge < -0.3 is 25.6 Å². The highest BCUT2D eigenvalue weighted by molar-refractivity contribution is 5.85. The predicted molar refractivity (Wildman–Crippen MR) is 126 cm³/mol. The summed E-state index contributed by atoms with van der Waals surface area (Å²) in [5, 5.41) is 35.7. The van der Waals surface area contributed by atoms with Crippen LogP contribution in [0.15, 0.2) is 36.8 Å². The van der Waals surface area contributed by atoms with E-state index >= 15 is 0 Å². The van der Waals surface area contributed by atoms with Gasteiger partial charge in [0.05, 0.1) is 36.2 Å². The number of halogens is 3. The van der Waals surface area contributed by atoms with Crippen LogP contribution in [0.4, 0.5) is 24.5 Å². The average molecular weight is 534 g/mol. The Hall–Kier alpha value is -4.26. The molecule has 0 bridgehead atoms. The summed E-state index contributed by atoms with van der Waals surface area (Å²) in [5.41, 5.74) is 1.68. The van der Waals surface area contributed by atoms with Gasteiger partial charge in [-0.2, -0.15) is 13.2 Å². The van der Waals surface area contributed by atoms with E-state index in [0.717, 1.165) is 0 Å². The van der Waals surface area contributed by atoms with Crippen LogP contribution in [0.3, 0.4) is 0 Å². The molecule has 15 heteroatoms. The summed E-state index contributed by atoms with van der Waals surface area (Å²) in [6.45, 7) is -0.878. The smallest absolute Gasteiger partial charge is 0.394 e. The second-order valence-corrected chi connectivity index (χ2v) is 8.23. The Morgan fingerprint density at radius 2 is 2.11 bits per heavy atom. The molecule has 38 heavy (non-hydrogen) atoms. The van der Waals surface area contributed by atoms with Gasteiger partial charge in [-0.05, 0) is 18.2 Å². The van der Waals surface area contributed by atoms with Crippen LogP contribution in [0.1, 0.15) is 23.8 Å². The fraction of sp³-hybridized carbons (Fsp3) is 0.348. The molecule has 12 nitrogen and oxygen atoms in total. The minimum absolute atomic E-state index is 0.0306. The van der Waals surface area contributed by atoms with Crippen LogP contribution in [0, 0.1) is 22.0 Å². The zero-order valence-electron chi connectivity index (χ0n) is 19.5. The molecular weight excluding hydrogens is 513 g/mol. The fourth-order valence-corrected chi connectivity index (χ4v) is 3.86. The molecule has 3 aromatic rings. The van der Waals surface area contributed by atoms with Crippen LogP contribution in [-0.4, -0.2) is 67.1 Å². The minimum Gasteiger partial charge on any atom is -0.394 e. The van der Waals surface area contributed by atoms with E-state index in [1.54, 1.807) is 16.0 Å². The van der Waals surface area contributed by atoms with Crippen LogP contribution in [0.25, 0.3) is 11.2 Å². The van der Waals surface area contributed by atoms with E-state index in [1.807, 2.05) is 0 Å². The molecule has 4 N–H and O–H groups in total. The highest BCUT2D eigenvalue weighted by Crippen LogP contribution is 2.32. The van der Waals surface area contributed by atoms with E-state index in [0.29, 0.717) is 22.4 Å². The Labute approximate surface area is 212 Å². The number of carbonyl (C=O) groups excluding carboxylic acids is 1. The third-order valence-electron chi connectivity index (χ3n) is 5.73. The van der Waals surface area contributed by atoms with Crippen molar-refractivity contribution in [2.45, 2.75) is 37.6 Å². The molecule has 1 amide bonds. The number of fused-ring (bicyclic) bond motifs is 1. The van der Waals surface area contributed by atoms with Crippen LogP contribution in [-0.2, 0) is 16.1 Å². The molecule has 1 aromatic carbocycles. The number of nitrogens with zero attached hydrogens (tertiary/aromatic N) is 4. The molecule has 2 aromatic heterocycles. The summed E-state index contributed by atoms with van der Waals surface area (Å²) in [6.07, 6.45) is -3.90. The minimum atomic E-state index is -5.02. The standard InChI is InChI=1S/C23H21F3N6O6/c24-23(25,26)22(35)28-6-1-2-13-3-4-14(16(8-13)32(36)37)10-29-15-5-7-27-21-20(15)30-12-31(21)19-9-17(34)18(11-33)38-19/h3-5,7-8,12,17-19,33-34H,6,9-11H2,(H,27,29)(H,28,35)/t17-,18-,19-/m1/s1. The van der Waals surface area contributed by atoms with Crippen LogP contribution >= 0.6 is 0 Å². The van der Waals surface area contributed by atoms with Gasteiger partial charge in [0.15, 0.2) is 5.65 Å². The van der Waals surface area contributed by atoms with Crippen molar-refractivity contribution in [3.8, 4) is 11.8 Å². The van der Waals surface area contributed by atoms with Crippen LogP contribution in [0.5, 0.6) is 0 Å². The number of alkyl halides is 3. The molecule has 0 radical (unpaired) electrons. The molecule has 0 unspecified atom stereocenters. The van der Waals surface area contributed by atoms with Crippen molar-refractivity contribution in [1.29, 1.82) is 0 Å². The van der Waals surface area contributed by atoms with Crippen LogP contribution in [0.2, 0.25) is 0 Å². The summed E-state index contributed by atoms with van der Waals surface area (Å²) in [6, 6.07) is 5.76. The number of rotatable bonds is 7.